The fraction of sp³-hybridized carbons (Fsp3) is 0.250. The van der Waals surface area contributed by atoms with E-state index in [1.54, 1.807) is 4.90 Å². The van der Waals surface area contributed by atoms with E-state index in [1.165, 1.54) is 6.08 Å². The summed E-state index contributed by atoms with van der Waals surface area (Å²) in [6.45, 7) is 10.3. The summed E-state index contributed by atoms with van der Waals surface area (Å²) in [7, 11) is 0. The lowest BCUT2D eigenvalue weighted by molar-refractivity contribution is -0.132. The molecule has 2 aromatic carbocycles. The number of anilines is 1. The molecule has 6 heteroatoms. The molecule has 3 rings (SSSR count). The van der Waals surface area contributed by atoms with E-state index in [2.05, 4.69) is 23.4 Å². The number of benzene rings is 2. The van der Waals surface area contributed by atoms with Crippen molar-refractivity contribution in [2.75, 3.05) is 37.6 Å². The van der Waals surface area contributed by atoms with Crippen LogP contribution in [0.15, 0.2) is 79.4 Å². The second kappa shape index (κ2) is 10.3. The van der Waals surface area contributed by atoms with Crippen LogP contribution in [0.5, 0.6) is 5.75 Å². The van der Waals surface area contributed by atoms with Gasteiger partial charge in [-0.2, -0.15) is 0 Å². The highest BCUT2D eigenvalue weighted by Crippen LogP contribution is 2.21. The fourth-order valence-corrected chi connectivity index (χ4v) is 3.18. The van der Waals surface area contributed by atoms with Gasteiger partial charge in [0.15, 0.2) is 0 Å². The predicted molar refractivity (Wildman–Crippen MR) is 118 cm³/mol. The number of ether oxygens (including phenoxy) is 1. The predicted octanol–water partition coefficient (Wildman–Crippen LogP) is 2.77. The summed E-state index contributed by atoms with van der Waals surface area (Å²) >= 11 is 0. The van der Waals surface area contributed by atoms with Crippen LogP contribution in [0.3, 0.4) is 0 Å². The fourth-order valence-electron chi connectivity index (χ4n) is 3.18. The lowest BCUT2D eigenvalue weighted by atomic mass is 10.2. The number of piperazine rings is 1. The van der Waals surface area contributed by atoms with Gasteiger partial charge >= 0.3 is 0 Å². The van der Waals surface area contributed by atoms with Crippen molar-refractivity contribution in [2.45, 2.75) is 6.61 Å². The van der Waals surface area contributed by atoms with Gasteiger partial charge in [0.25, 0.3) is 5.91 Å². The zero-order chi connectivity index (χ0) is 21.3. The molecule has 2 aromatic rings. The molecule has 1 N–H and O–H groups in total. The average Bonchev–Trinajstić information content (AvgIpc) is 2.81. The molecule has 6 nitrogen and oxygen atoms in total. The summed E-state index contributed by atoms with van der Waals surface area (Å²) in [5, 5.41) is 2.57. The summed E-state index contributed by atoms with van der Waals surface area (Å²) in [4.78, 5) is 28.0. The van der Waals surface area contributed by atoms with E-state index in [9.17, 15) is 9.59 Å². The van der Waals surface area contributed by atoms with Crippen LogP contribution < -0.4 is 15.0 Å². The minimum absolute atomic E-state index is 0.0286. The Labute approximate surface area is 177 Å². The Morgan fingerprint density at radius 2 is 1.67 bits per heavy atom. The maximum absolute atomic E-state index is 12.3. The van der Waals surface area contributed by atoms with Crippen molar-refractivity contribution in [3.05, 3.63) is 85.0 Å². The van der Waals surface area contributed by atoms with Crippen LogP contribution in [0.25, 0.3) is 0 Å². The van der Waals surface area contributed by atoms with Crippen molar-refractivity contribution in [3.8, 4) is 5.75 Å². The SMILES string of the molecule is C=CC(=C)C(=O)NCC(=O)N1CCN(c2ccc(OCc3ccccc3)cc2)CC1. The molecule has 1 aliphatic rings. The molecule has 2 amide bonds. The van der Waals surface area contributed by atoms with Gasteiger partial charge in [0, 0.05) is 37.4 Å². The smallest absolute Gasteiger partial charge is 0.251 e. The molecule has 1 saturated heterocycles. The van der Waals surface area contributed by atoms with Gasteiger partial charge in [0.2, 0.25) is 5.91 Å². The molecule has 0 aromatic heterocycles. The molecule has 0 aliphatic carbocycles. The largest absolute Gasteiger partial charge is 0.489 e. The highest BCUT2D eigenvalue weighted by atomic mass is 16.5. The van der Waals surface area contributed by atoms with Gasteiger partial charge in [-0.1, -0.05) is 49.6 Å². The summed E-state index contributed by atoms with van der Waals surface area (Å²) in [6, 6.07) is 18.1. The Balaban J connectivity index is 1.44. The highest BCUT2D eigenvalue weighted by Gasteiger charge is 2.21. The quantitative estimate of drug-likeness (QED) is 0.542. The molecular weight excluding hydrogens is 378 g/mol. The van der Waals surface area contributed by atoms with Gasteiger partial charge in [-0.15, -0.1) is 0 Å². The number of hydrogen-bond donors (Lipinski definition) is 1. The summed E-state index contributed by atoms with van der Waals surface area (Å²) in [5.41, 5.74) is 2.49. The number of amides is 2. The topological polar surface area (TPSA) is 61.9 Å². The van der Waals surface area contributed by atoms with Crippen molar-refractivity contribution >= 4 is 17.5 Å². The van der Waals surface area contributed by atoms with Crippen LogP contribution in [0, 0.1) is 0 Å². The Bertz CT molecular complexity index is 886. The van der Waals surface area contributed by atoms with Crippen molar-refractivity contribution in [2.24, 2.45) is 0 Å². The minimum Gasteiger partial charge on any atom is -0.489 e. The van der Waals surface area contributed by atoms with E-state index in [0.29, 0.717) is 19.7 Å². The first kappa shape index (κ1) is 21.2. The lowest BCUT2D eigenvalue weighted by Gasteiger charge is -2.36. The summed E-state index contributed by atoms with van der Waals surface area (Å²) in [5.74, 6) is 0.365. The maximum atomic E-state index is 12.3. The van der Waals surface area contributed by atoms with Crippen molar-refractivity contribution < 1.29 is 14.3 Å². The van der Waals surface area contributed by atoms with Crippen molar-refractivity contribution in [3.63, 3.8) is 0 Å². The van der Waals surface area contributed by atoms with Crippen LogP contribution in [-0.4, -0.2) is 49.4 Å². The highest BCUT2D eigenvalue weighted by molar-refractivity contribution is 5.97. The lowest BCUT2D eigenvalue weighted by Crippen LogP contribution is -2.51. The van der Waals surface area contributed by atoms with Gasteiger partial charge in [-0.3, -0.25) is 9.59 Å². The van der Waals surface area contributed by atoms with Crippen molar-refractivity contribution in [1.29, 1.82) is 0 Å². The maximum Gasteiger partial charge on any atom is 0.251 e. The molecular formula is C24H27N3O3. The van der Waals surface area contributed by atoms with Gasteiger partial charge < -0.3 is 19.9 Å². The normalized spacial score (nSPS) is 13.5. The van der Waals surface area contributed by atoms with Crippen LogP contribution >= 0.6 is 0 Å². The minimum atomic E-state index is -0.369. The van der Waals surface area contributed by atoms with Gasteiger partial charge in [-0.05, 0) is 29.8 Å². The van der Waals surface area contributed by atoms with E-state index in [-0.39, 0.29) is 23.9 Å². The number of hydrogen-bond acceptors (Lipinski definition) is 4. The van der Waals surface area contributed by atoms with E-state index in [1.807, 2.05) is 54.6 Å². The van der Waals surface area contributed by atoms with Crippen molar-refractivity contribution in [1.82, 2.24) is 10.2 Å². The number of carbonyl (C=O) groups excluding carboxylic acids is 2. The van der Waals surface area contributed by atoms with E-state index >= 15 is 0 Å². The third-order valence-corrected chi connectivity index (χ3v) is 5.02. The Morgan fingerprint density at radius 1 is 1.00 bits per heavy atom. The van der Waals surface area contributed by atoms with Crippen LogP contribution in [0.1, 0.15) is 5.56 Å². The van der Waals surface area contributed by atoms with Gasteiger partial charge in [-0.25, -0.2) is 0 Å². The number of nitrogens with one attached hydrogen (secondary N) is 1. The van der Waals surface area contributed by atoms with Crippen LogP contribution in [0.4, 0.5) is 5.69 Å². The molecule has 0 saturated carbocycles. The van der Waals surface area contributed by atoms with E-state index in [4.69, 9.17) is 4.74 Å². The second-order valence-electron chi connectivity index (χ2n) is 7.05. The molecule has 1 heterocycles. The first-order valence-electron chi connectivity index (χ1n) is 9.96. The number of nitrogens with zero attached hydrogens (tertiary/aromatic N) is 2. The summed E-state index contributed by atoms with van der Waals surface area (Å²) < 4.78 is 5.84. The van der Waals surface area contributed by atoms with E-state index < -0.39 is 0 Å². The number of carbonyl (C=O) groups is 2. The Morgan fingerprint density at radius 3 is 2.30 bits per heavy atom. The van der Waals surface area contributed by atoms with Crippen LogP contribution in [0.2, 0.25) is 0 Å². The summed E-state index contributed by atoms with van der Waals surface area (Å²) in [6.07, 6.45) is 1.37. The molecule has 0 bridgehead atoms. The standard InChI is InChI=1S/C24H27N3O3/c1-3-19(2)24(29)25-17-23(28)27-15-13-26(14-16-27)21-9-11-22(12-10-21)30-18-20-7-5-4-6-8-20/h3-12H,1-2,13-18H2,(H,25,29). The molecule has 0 spiro atoms. The zero-order valence-corrected chi connectivity index (χ0v) is 17.0. The second-order valence-corrected chi connectivity index (χ2v) is 7.05. The molecule has 1 fully saturated rings. The third kappa shape index (κ3) is 5.73. The van der Waals surface area contributed by atoms with E-state index in [0.717, 1.165) is 30.1 Å². The first-order chi connectivity index (χ1) is 14.6. The number of rotatable bonds is 8. The molecule has 156 valence electrons. The Kier molecular flexibility index (Phi) is 7.27. The third-order valence-electron chi connectivity index (χ3n) is 5.02. The average molecular weight is 405 g/mol. The first-order valence-corrected chi connectivity index (χ1v) is 9.96. The monoisotopic (exact) mass is 405 g/mol. The van der Waals surface area contributed by atoms with Crippen LogP contribution in [-0.2, 0) is 16.2 Å². The molecule has 1 aliphatic heterocycles. The Hall–Kier alpha value is -3.54. The molecule has 30 heavy (non-hydrogen) atoms. The van der Waals surface area contributed by atoms with Gasteiger partial charge in [0.05, 0.1) is 6.54 Å². The van der Waals surface area contributed by atoms with Gasteiger partial charge in [0.1, 0.15) is 12.4 Å². The molecule has 0 radical (unpaired) electrons. The zero-order valence-electron chi connectivity index (χ0n) is 17.0. The molecule has 0 atom stereocenters. The molecule has 0 unspecified atom stereocenters.